The fraction of sp³-hybridized carbons (Fsp3) is 0.231. The number of hydrogen-bond donors (Lipinski definition) is 2. The first kappa shape index (κ1) is 13.5. The van der Waals surface area contributed by atoms with Crippen molar-refractivity contribution in [3.05, 3.63) is 29.5 Å². The number of rotatable bonds is 4. The molecule has 0 saturated heterocycles. The highest BCUT2D eigenvalue weighted by Gasteiger charge is 2.10. The van der Waals surface area contributed by atoms with Crippen LogP contribution < -0.4 is 10.6 Å². The summed E-state index contributed by atoms with van der Waals surface area (Å²) in [4.78, 5) is 20.3. The summed E-state index contributed by atoms with van der Waals surface area (Å²) in [6.45, 7) is 2.13. The smallest absolute Gasteiger partial charge is 0.244 e. The fourth-order valence-electron chi connectivity index (χ4n) is 1.93. The van der Waals surface area contributed by atoms with Crippen molar-refractivity contribution in [2.45, 2.75) is 6.92 Å². The average molecular weight is 302 g/mol. The van der Waals surface area contributed by atoms with Gasteiger partial charge in [0.05, 0.1) is 16.8 Å². The van der Waals surface area contributed by atoms with E-state index >= 15 is 0 Å². The van der Waals surface area contributed by atoms with Crippen LogP contribution in [0.25, 0.3) is 10.2 Å². The van der Waals surface area contributed by atoms with Gasteiger partial charge in [-0.1, -0.05) is 0 Å². The third-order valence-corrected chi connectivity index (χ3v) is 4.02. The standard InChI is InChI=1S/C13H14N6OS/c1-8-6-21-12-11(8)15-7-16-13(12)14-5-10(20)17-9-3-4-19(2)18-9/h3-4,6-7H,5H2,1-2H3,(H,14,15,16)(H,17,18,20). The molecule has 0 atom stereocenters. The number of aromatic nitrogens is 4. The van der Waals surface area contributed by atoms with Crippen molar-refractivity contribution in [2.75, 3.05) is 17.2 Å². The Morgan fingerprint density at radius 3 is 3.05 bits per heavy atom. The zero-order valence-electron chi connectivity index (χ0n) is 11.6. The summed E-state index contributed by atoms with van der Waals surface area (Å²) in [5.74, 6) is 1.03. The molecule has 3 rings (SSSR count). The quantitative estimate of drug-likeness (QED) is 0.767. The lowest BCUT2D eigenvalue weighted by atomic mass is 10.3. The molecule has 0 unspecified atom stereocenters. The van der Waals surface area contributed by atoms with Gasteiger partial charge in [0, 0.05) is 19.3 Å². The Balaban J connectivity index is 1.67. The number of carbonyl (C=O) groups excluding carboxylic acids is 1. The first-order valence-corrected chi connectivity index (χ1v) is 7.23. The molecule has 0 fully saturated rings. The molecule has 8 heteroatoms. The van der Waals surface area contributed by atoms with Crippen LogP contribution >= 0.6 is 11.3 Å². The topological polar surface area (TPSA) is 84.7 Å². The number of aryl methyl sites for hydroxylation is 2. The first-order valence-electron chi connectivity index (χ1n) is 6.35. The highest BCUT2D eigenvalue weighted by atomic mass is 32.1. The predicted molar refractivity (Wildman–Crippen MR) is 82.5 cm³/mol. The van der Waals surface area contributed by atoms with Crippen LogP contribution in [0.2, 0.25) is 0 Å². The second-order valence-electron chi connectivity index (χ2n) is 4.60. The highest BCUT2D eigenvalue weighted by molar-refractivity contribution is 7.18. The lowest BCUT2D eigenvalue weighted by Crippen LogP contribution is -2.22. The van der Waals surface area contributed by atoms with Gasteiger partial charge < -0.3 is 10.6 Å². The molecule has 1 amide bonds. The van der Waals surface area contributed by atoms with Gasteiger partial charge in [0.25, 0.3) is 0 Å². The lowest BCUT2D eigenvalue weighted by Gasteiger charge is -2.06. The monoisotopic (exact) mass is 302 g/mol. The molecule has 3 aromatic heterocycles. The molecule has 0 aliphatic carbocycles. The molecule has 3 heterocycles. The molecule has 7 nitrogen and oxygen atoms in total. The largest absolute Gasteiger partial charge is 0.360 e. The van der Waals surface area contributed by atoms with Gasteiger partial charge in [0.1, 0.15) is 12.1 Å². The van der Waals surface area contributed by atoms with E-state index in [4.69, 9.17) is 0 Å². The molecular weight excluding hydrogens is 288 g/mol. The number of amides is 1. The third-order valence-electron chi connectivity index (χ3n) is 2.93. The zero-order chi connectivity index (χ0) is 14.8. The van der Waals surface area contributed by atoms with Crippen molar-refractivity contribution >= 4 is 39.1 Å². The zero-order valence-corrected chi connectivity index (χ0v) is 12.4. The number of fused-ring (bicyclic) bond motifs is 1. The molecular formula is C13H14N6OS. The Morgan fingerprint density at radius 2 is 2.29 bits per heavy atom. The van der Waals surface area contributed by atoms with E-state index in [0.29, 0.717) is 11.6 Å². The minimum atomic E-state index is -0.172. The number of carbonyl (C=O) groups is 1. The predicted octanol–water partition coefficient (Wildman–Crippen LogP) is 1.78. The molecule has 108 valence electrons. The van der Waals surface area contributed by atoms with Crippen molar-refractivity contribution in [3.8, 4) is 0 Å². The number of nitrogens with zero attached hydrogens (tertiary/aromatic N) is 4. The van der Waals surface area contributed by atoms with Gasteiger partial charge in [-0.25, -0.2) is 9.97 Å². The van der Waals surface area contributed by atoms with Crippen LogP contribution in [0.3, 0.4) is 0 Å². The van der Waals surface area contributed by atoms with E-state index in [-0.39, 0.29) is 12.5 Å². The van der Waals surface area contributed by atoms with Gasteiger partial charge in [-0.2, -0.15) is 5.10 Å². The first-order chi connectivity index (χ1) is 10.1. The van der Waals surface area contributed by atoms with E-state index in [9.17, 15) is 4.79 Å². The van der Waals surface area contributed by atoms with E-state index in [2.05, 4.69) is 25.7 Å². The molecule has 2 N–H and O–H groups in total. The number of hydrogen-bond acceptors (Lipinski definition) is 6. The molecule has 0 saturated carbocycles. The molecule has 0 radical (unpaired) electrons. The van der Waals surface area contributed by atoms with Crippen LogP contribution in [-0.2, 0) is 11.8 Å². The lowest BCUT2D eigenvalue weighted by molar-refractivity contribution is -0.114. The Morgan fingerprint density at radius 1 is 1.43 bits per heavy atom. The van der Waals surface area contributed by atoms with E-state index < -0.39 is 0 Å². The molecule has 0 aromatic carbocycles. The van der Waals surface area contributed by atoms with Crippen molar-refractivity contribution in [3.63, 3.8) is 0 Å². The minimum Gasteiger partial charge on any atom is -0.360 e. The van der Waals surface area contributed by atoms with Crippen LogP contribution in [0.1, 0.15) is 5.56 Å². The van der Waals surface area contributed by atoms with E-state index in [1.165, 1.54) is 6.33 Å². The van der Waals surface area contributed by atoms with E-state index in [1.807, 2.05) is 12.3 Å². The number of anilines is 2. The summed E-state index contributed by atoms with van der Waals surface area (Å²) in [7, 11) is 1.80. The second-order valence-corrected chi connectivity index (χ2v) is 5.47. The molecule has 0 bridgehead atoms. The van der Waals surface area contributed by atoms with Gasteiger partial charge in [-0.15, -0.1) is 11.3 Å². The normalized spacial score (nSPS) is 10.8. The van der Waals surface area contributed by atoms with Crippen LogP contribution in [0.15, 0.2) is 24.0 Å². The van der Waals surface area contributed by atoms with Crippen molar-refractivity contribution in [1.29, 1.82) is 0 Å². The second kappa shape index (κ2) is 5.49. The van der Waals surface area contributed by atoms with Crippen molar-refractivity contribution < 1.29 is 4.79 Å². The van der Waals surface area contributed by atoms with Gasteiger partial charge in [0.15, 0.2) is 5.82 Å². The molecule has 3 aromatic rings. The Labute approximate surface area is 125 Å². The summed E-state index contributed by atoms with van der Waals surface area (Å²) in [6.07, 6.45) is 3.27. The maximum absolute atomic E-state index is 11.9. The maximum Gasteiger partial charge on any atom is 0.244 e. The van der Waals surface area contributed by atoms with E-state index in [0.717, 1.165) is 15.8 Å². The third kappa shape index (κ3) is 2.84. The van der Waals surface area contributed by atoms with E-state index in [1.54, 1.807) is 35.3 Å². The van der Waals surface area contributed by atoms with Crippen molar-refractivity contribution in [2.24, 2.45) is 7.05 Å². The average Bonchev–Trinajstić information content (AvgIpc) is 3.04. The van der Waals surface area contributed by atoms with Crippen LogP contribution in [0.5, 0.6) is 0 Å². The summed E-state index contributed by atoms with van der Waals surface area (Å²) < 4.78 is 2.59. The minimum absolute atomic E-state index is 0.125. The number of nitrogens with one attached hydrogen (secondary N) is 2. The Bertz CT molecular complexity index is 793. The van der Waals surface area contributed by atoms with Crippen LogP contribution in [0.4, 0.5) is 11.6 Å². The highest BCUT2D eigenvalue weighted by Crippen LogP contribution is 2.28. The van der Waals surface area contributed by atoms with Gasteiger partial charge in [-0.05, 0) is 17.9 Å². The fourth-order valence-corrected chi connectivity index (χ4v) is 2.90. The van der Waals surface area contributed by atoms with Crippen LogP contribution in [0, 0.1) is 6.92 Å². The summed E-state index contributed by atoms with van der Waals surface area (Å²) in [5.41, 5.74) is 2.03. The van der Waals surface area contributed by atoms with Crippen molar-refractivity contribution in [1.82, 2.24) is 19.7 Å². The molecule has 21 heavy (non-hydrogen) atoms. The summed E-state index contributed by atoms with van der Waals surface area (Å²) in [6, 6.07) is 1.74. The Hall–Kier alpha value is -2.48. The summed E-state index contributed by atoms with van der Waals surface area (Å²) in [5, 5.41) is 11.9. The summed E-state index contributed by atoms with van der Waals surface area (Å²) >= 11 is 1.56. The van der Waals surface area contributed by atoms with Gasteiger partial charge >= 0.3 is 0 Å². The molecule has 0 aliphatic rings. The van der Waals surface area contributed by atoms with Gasteiger partial charge in [0.2, 0.25) is 5.91 Å². The maximum atomic E-state index is 11.9. The van der Waals surface area contributed by atoms with Crippen LogP contribution in [-0.4, -0.2) is 32.2 Å². The molecule has 0 spiro atoms. The number of thiophene rings is 1. The molecule has 0 aliphatic heterocycles. The van der Waals surface area contributed by atoms with Gasteiger partial charge in [-0.3, -0.25) is 9.48 Å². The Kier molecular flexibility index (Phi) is 3.53. The SMILES string of the molecule is Cc1csc2c(NCC(=O)Nc3ccn(C)n3)ncnc12.